The summed E-state index contributed by atoms with van der Waals surface area (Å²) in [6.07, 6.45) is 9.17. The Bertz CT molecular complexity index is 1010. The number of nitrogens with zero attached hydrogens (tertiary/aromatic N) is 3. The first-order valence-electron chi connectivity index (χ1n) is 9.95. The number of hydrogen-bond donors (Lipinski definition) is 1. The van der Waals surface area contributed by atoms with Gasteiger partial charge in [0.15, 0.2) is 5.58 Å². The minimum Gasteiger partial charge on any atom is -0.463 e. The van der Waals surface area contributed by atoms with Crippen molar-refractivity contribution in [1.82, 2.24) is 19.5 Å². The Morgan fingerprint density at radius 3 is 2.89 bits per heavy atom. The molecule has 27 heavy (non-hydrogen) atoms. The molecule has 0 aromatic carbocycles. The molecule has 0 atom stereocenters. The Balaban J connectivity index is 1.46. The van der Waals surface area contributed by atoms with Crippen LogP contribution < -0.4 is 10.9 Å². The highest BCUT2D eigenvalue weighted by Gasteiger charge is 2.17. The number of nitrogens with one attached hydrogen (secondary N) is 1. The van der Waals surface area contributed by atoms with Gasteiger partial charge in [-0.15, -0.1) is 0 Å². The second-order valence-electron chi connectivity index (χ2n) is 7.34. The van der Waals surface area contributed by atoms with Crippen LogP contribution in [0.2, 0.25) is 0 Å². The third-order valence-electron chi connectivity index (χ3n) is 5.43. The molecule has 144 valence electrons. The smallest absolute Gasteiger partial charge is 0.291 e. The predicted octanol–water partition coefficient (Wildman–Crippen LogP) is 3.03. The first-order chi connectivity index (χ1) is 13.2. The van der Waals surface area contributed by atoms with Gasteiger partial charge in [-0.1, -0.05) is 26.2 Å². The lowest BCUT2D eigenvalue weighted by atomic mass is 9.95. The highest BCUT2D eigenvalue weighted by Crippen LogP contribution is 2.20. The minimum atomic E-state index is -0.147. The third-order valence-corrected chi connectivity index (χ3v) is 5.43. The molecule has 1 amide bonds. The van der Waals surface area contributed by atoms with Crippen LogP contribution in [0.3, 0.4) is 0 Å². The second-order valence-corrected chi connectivity index (χ2v) is 7.34. The van der Waals surface area contributed by atoms with E-state index in [4.69, 9.17) is 4.42 Å². The van der Waals surface area contributed by atoms with Crippen molar-refractivity contribution in [2.45, 2.75) is 70.9 Å². The quantitative estimate of drug-likeness (QED) is 0.723. The van der Waals surface area contributed by atoms with Gasteiger partial charge >= 0.3 is 0 Å². The lowest BCUT2D eigenvalue weighted by Crippen LogP contribution is -2.36. The number of aromatic nitrogens is 3. The number of aryl methyl sites for hydroxylation is 2. The zero-order valence-electron chi connectivity index (χ0n) is 15.7. The van der Waals surface area contributed by atoms with Gasteiger partial charge in [-0.2, -0.15) is 5.10 Å². The molecule has 1 N–H and O–H groups in total. The summed E-state index contributed by atoms with van der Waals surface area (Å²) in [7, 11) is 0. The molecular formula is C20H26N4O3. The maximum atomic E-state index is 12.8. The van der Waals surface area contributed by atoms with Crippen LogP contribution >= 0.6 is 0 Å². The molecule has 3 aromatic rings. The average Bonchev–Trinajstić information content (AvgIpc) is 3.26. The topological polar surface area (TPSA) is 81.5 Å². The van der Waals surface area contributed by atoms with Crippen LogP contribution in [0.1, 0.15) is 57.7 Å². The molecule has 1 saturated carbocycles. The van der Waals surface area contributed by atoms with E-state index >= 15 is 0 Å². The number of fused-ring (bicyclic) bond motifs is 3. The summed E-state index contributed by atoms with van der Waals surface area (Å²) in [5.41, 5.74) is 1.98. The first-order valence-corrected chi connectivity index (χ1v) is 9.95. The van der Waals surface area contributed by atoms with Crippen molar-refractivity contribution < 1.29 is 9.21 Å². The predicted molar refractivity (Wildman–Crippen MR) is 103 cm³/mol. The van der Waals surface area contributed by atoms with Crippen molar-refractivity contribution in [3.8, 4) is 0 Å². The van der Waals surface area contributed by atoms with E-state index in [0.717, 1.165) is 24.2 Å². The van der Waals surface area contributed by atoms with Gasteiger partial charge < -0.3 is 9.73 Å². The normalized spacial score (nSPS) is 15.6. The number of carbonyl (C=O) groups is 1. The fourth-order valence-electron chi connectivity index (χ4n) is 4.04. The molecular weight excluding hydrogens is 344 g/mol. The van der Waals surface area contributed by atoms with E-state index in [0.29, 0.717) is 42.9 Å². The van der Waals surface area contributed by atoms with Gasteiger partial charge in [0.05, 0.1) is 11.8 Å². The molecule has 4 rings (SSSR count). The van der Waals surface area contributed by atoms with Crippen molar-refractivity contribution in [3.63, 3.8) is 0 Å². The number of furan rings is 1. The fraction of sp³-hybridized carbons (Fsp3) is 0.550. The molecule has 0 radical (unpaired) electrons. The van der Waals surface area contributed by atoms with E-state index in [1.54, 1.807) is 12.3 Å². The van der Waals surface area contributed by atoms with E-state index in [1.165, 1.54) is 23.9 Å². The maximum absolute atomic E-state index is 12.8. The van der Waals surface area contributed by atoms with Crippen LogP contribution in [0, 0.1) is 0 Å². The number of rotatable bonds is 6. The summed E-state index contributed by atoms with van der Waals surface area (Å²) in [5.74, 6) is 0.889. The average molecular weight is 370 g/mol. The molecule has 0 spiro atoms. The zero-order valence-corrected chi connectivity index (χ0v) is 15.7. The van der Waals surface area contributed by atoms with Crippen LogP contribution in [-0.2, 0) is 17.8 Å². The molecule has 3 heterocycles. The van der Waals surface area contributed by atoms with Gasteiger partial charge in [0, 0.05) is 37.6 Å². The lowest BCUT2D eigenvalue weighted by molar-refractivity contribution is -0.122. The fourth-order valence-corrected chi connectivity index (χ4v) is 4.04. The molecule has 1 fully saturated rings. The summed E-state index contributed by atoms with van der Waals surface area (Å²) in [6.45, 7) is 2.45. The number of hydrogen-bond acceptors (Lipinski definition) is 4. The highest BCUT2D eigenvalue weighted by molar-refractivity contribution is 5.82. The highest BCUT2D eigenvalue weighted by atomic mass is 16.3. The van der Waals surface area contributed by atoms with Gasteiger partial charge in [-0.05, 0) is 19.3 Å². The van der Waals surface area contributed by atoms with E-state index in [1.807, 2.05) is 17.4 Å². The summed E-state index contributed by atoms with van der Waals surface area (Å²) in [4.78, 5) is 25.0. The SMILES string of the molecule is CCc1nn(CCCC(=O)NC2CCCCC2)c(=O)c2cc3occc3n12. The second kappa shape index (κ2) is 7.58. The zero-order chi connectivity index (χ0) is 18.8. The number of amides is 1. The van der Waals surface area contributed by atoms with E-state index in [-0.39, 0.29) is 11.5 Å². The summed E-state index contributed by atoms with van der Waals surface area (Å²) >= 11 is 0. The van der Waals surface area contributed by atoms with Crippen molar-refractivity contribution in [2.24, 2.45) is 0 Å². The van der Waals surface area contributed by atoms with Gasteiger partial charge in [0.25, 0.3) is 5.56 Å². The monoisotopic (exact) mass is 370 g/mol. The van der Waals surface area contributed by atoms with E-state index < -0.39 is 0 Å². The Labute approximate surface area is 157 Å². The molecule has 1 aliphatic carbocycles. The van der Waals surface area contributed by atoms with Gasteiger partial charge in [-0.3, -0.25) is 14.0 Å². The van der Waals surface area contributed by atoms with E-state index in [2.05, 4.69) is 10.4 Å². The maximum Gasteiger partial charge on any atom is 0.291 e. The Kier molecular flexibility index (Phi) is 5.01. The van der Waals surface area contributed by atoms with Crippen LogP contribution in [0.4, 0.5) is 0 Å². The van der Waals surface area contributed by atoms with Crippen LogP contribution in [0.25, 0.3) is 16.6 Å². The molecule has 0 saturated heterocycles. The van der Waals surface area contributed by atoms with Gasteiger partial charge in [0.2, 0.25) is 5.91 Å². The molecule has 7 heteroatoms. The largest absolute Gasteiger partial charge is 0.463 e. The molecule has 3 aromatic heterocycles. The van der Waals surface area contributed by atoms with Gasteiger partial charge in [-0.25, -0.2) is 4.68 Å². The van der Waals surface area contributed by atoms with Crippen molar-refractivity contribution >= 4 is 22.5 Å². The minimum absolute atomic E-state index is 0.0759. The van der Waals surface area contributed by atoms with Crippen LogP contribution in [0.5, 0.6) is 0 Å². The molecule has 1 aliphatic rings. The molecule has 0 unspecified atom stereocenters. The standard InChI is InChI=1S/C20H26N4O3/c1-2-18-22-23(11-6-9-19(25)21-14-7-4-3-5-8-14)20(26)16-13-17-15(24(16)18)10-12-27-17/h10,12-14H,2-9,11H2,1H3,(H,21,25). The van der Waals surface area contributed by atoms with Gasteiger partial charge in [0.1, 0.15) is 11.3 Å². The van der Waals surface area contributed by atoms with Crippen LogP contribution in [0.15, 0.2) is 27.6 Å². The number of carbonyl (C=O) groups excluding carboxylic acids is 1. The Hall–Kier alpha value is -2.57. The van der Waals surface area contributed by atoms with Crippen molar-refractivity contribution in [1.29, 1.82) is 0 Å². The first kappa shape index (κ1) is 17.8. The van der Waals surface area contributed by atoms with Crippen molar-refractivity contribution in [2.75, 3.05) is 0 Å². The van der Waals surface area contributed by atoms with Crippen LogP contribution in [-0.4, -0.2) is 26.1 Å². The molecule has 0 bridgehead atoms. The lowest BCUT2D eigenvalue weighted by Gasteiger charge is -2.22. The van der Waals surface area contributed by atoms with E-state index in [9.17, 15) is 9.59 Å². The summed E-state index contributed by atoms with van der Waals surface area (Å²) in [5, 5.41) is 7.65. The van der Waals surface area contributed by atoms with Crippen molar-refractivity contribution in [3.05, 3.63) is 34.6 Å². The third kappa shape index (κ3) is 3.50. The summed E-state index contributed by atoms with van der Waals surface area (Å²) < 4.78 is 8.79. The molecule has 0 aliphatic heterocycles. The summed E-state index contributed by atoms with van der Waals surface area (Å²) in [6, 6.07) is 3.94. The molecule has 7 nitrogen and oxygen atoms in total. The Morgan fingerprint density at radius 1 is 1.30 bits per heavy atom. The Morgan fingerprint density at radius 2 is 2.11 bits per heavy atom.